The van der Waals surface area contributed by atoms with E-state index in [2.05, 4.69) is 27.8 Å². The van der Waals surface area contributed by atoms with Crippen LogP contribution >= 0.6 is 11.3 Å². The fraction of sp³-hybridized carbons (Fsp3) is 0.450. The van der Waals surface area contributed by atoms with E-state index in [-0.39, 0.29) is 11.8 Å². The quantitative estimate of drug-likeness (QED) is 0.637. The zero-order valence-corrected chi connectivity index (χ0v) is 16.4. The van der Waals surface area contributed by atoms with E-state index >= 15 is 0 Å². The van der Waals surface area contributed by atoms with Crippen LogP contribution < -0.4 is 16.4 Å². The minimum absolute atomic E-state index is 0.00487. The maximum Gasteiger partial charge on any atom is 0.246 e. The molecule has 0 radical (unpaired) electrons. The second kappa shape index (κ2) is 8.63. The van der Waals surface area contributed by atoms with Crippen LogP contribution in [0.25, 0.3) is 11.3 Å². The van der Waals surface area contributed by atoms with E-state index in [9.17, 15) is 9.59 Å². The molecule has 1 fully saturated rings. The Morgan fingerprint density at radius 3 is 2.59 bits per heavy atom. The number of hydrogen-bond donors (Lipinski definition) is 3. The summed E-state index contributed by atoms with van der Waals surface area (Å²) in [6.45, 7) is 2.22. The number of thiazole rings is 1. The number of nitrogens with two attached hydrogens (primary N) is 1. The highest BCUT2D eigenvalue weighted by Gasteiger charge is 2.37. The first-order valence-electron chi connectivity index (χ1n) is 9.36. The molecule has 0 atom stereocenters. The number of nitrogens with one attached hydrogen (secondary N) is 2. The molecule has 1 aliphatic carbocycles. The predicted molar refractivity (Wildman–Crippen MR) is 109 cm³/mol. The second-order valence-electron chi connectivity index (χ2n) is 7.14. The molecular formula is C20H26N4O2S. The SMILES string of the molecule is CC(=O)NCCCc1ccc(-c2csc(NC(=O)C3(N)CCCC3)n2)cc1. The zero-order valence-electron chi connectivity index (χ0n) is 15.6. The average molecular weight is 387 g/mol. The van der Waals surface area contributed by atoms with Gasteiger partial charge in [0.2, 0.25) is 11.8 Å². The van der Waals surface area contributed by atoms with Crippen molar-refractivity contribution in [3.63, 3.8) is 0 Å². The lowest BCUT2D eigenvalue weighted by molar-refractivity contribution is -0.121. The van der Waals surface area contributed by atoms with Crippen molar-refractivity contribution in [3.8, 4) is 11.3 Å². The van der Waals surface area contributed by atoms with Crippen LogP contribution in [0.15, 0.2) is 29.6 Å². The van der Waals surface area contributed by atoms with Gasteiger partial charge in [-0.3, -0.25) is 9.59 Å². The van der Waals surface area contributed by atoms with Gasteiger partial charge in [-0.05, 0) is 31.2 Å². The van der Waals surface area contributed by atoms with Crippen molar-refractivity contribution in [2.24, 2.45) is 5.73 Å². The number of aromatic nitrogens is 1. The summed E-state index contributed by atoms with van der Waals surface area (Å²) in [5.41, 5.74) is 8.53. The lowest BCUT2D eigenvalue weighted by atomic mass is 9.98. The normalized spacial score (nSPS) is 15.5. The molecule has 7 heteroatoms. The molecular weight excluding hydrogens is 360 g/mol. The number of amides is 2. The van der Waals surface area contributed by atoms with Gasteiger partial charge in [-0.1, -0.05) is 37.1 Å². The number of aryl methyl sites for hydroxylation is 1. The van der Waals surface area contributed by atoms with E-state index in [1.165, 1.54) is 23.8 Å². The number of hydrogen-bond acceptors (Lipinski definition) is 5. The monoisotopic (exact) mass is 386 g/mol. The maximum atomic E-state index is 12.4. The van der Waals surface area contributed by atoms with Crippen LogP contribution in [0.3, 0.4) is 0 Å². The number of anilines is 1. The summed E-state index contributed by atoms with van der Waals surface area (Å²) in [4.78, 5) is 27.8. The highest BCUT2D eigenvalue weighted by Crippen LogP contribution is 2.30. The lowest BCUT2D eigenvalue weighted by Crippen LogP contribution is -2.48. The van der Waals surface area contributed by atoms with E-state index in [1.807, 2.05) is 17.5 Å². The Bertz CT molecular complexity index is 795. The minimum Gasteiger partial charge on any atom is -0.356 e. The van der Waals surface area contributed by atoms with Gasteiger partial charge in [-0.25, -0.2) is 4.98 Å². The molecule has 0 unspecified atom stereocenters. The number of benzene rings is 1. The molecule has 1 aromatic heterocycles. The van der Waals surface area contributed by atoms with Gasteiger partial charge in [0.1, 0.15) is 0 Å². The topological polar surface area (TPSA) is 97.1 Å². The Morgan fingerprint density at radius 2 is 1.93 bits per heavy atom. The maximum absolute atomic E-state index is 12.4. The first kappa shape index (κ1) is 19.5. The summed E-state index contributed by atoms with van der Waals surface area (Å²) >= 11 is 1.42. The van der Waals surface area contributed by atoms with Gasteiger partial charge < -0.3 is 16.4 Å². The van der Waals surface area contributed by atoms with Crippen molar-refractivity contribution < 1.29 is 9.59 Å². The molecule has 0 spiro atoms. The van der Waals surface area contributed by atoms with Gasteiger partial charge >= 0.3 is 0 Å². The minimum atomic E-state index is -0.745. The zero-order chi connectivity index (χ0) is 19.3. The van der Waals surface area contributed by atoms with Crippen LogP contribution in [-0.2, 0) is 16.0 Å². The first-order valence-corrected chi connectivity index (χ1v) is 10.2. The molecule has 144 valence electrons. The summed E-state index contributed by atoms with van der Waals surface area (Å²) < 4.78 is 0. The molecule has 1 saturated carbocycles. The number of carbonyl (C=O) groups is 2. The van der Waals surface area contributed by atoms with E-state index in [0.29, 0.717) is 11.7 Å². The van der Waals surface area contributed by atoms with Crippen LogP contribution in [0.2, 0.25) is 0 Å². The molecule has 6 nitrogen and oxygen atoms in total. The van der Waals surface area contributed by atoms with Crippen molar-refractivity contribution in [1.82, 2.24) is 10.3 Å². The van der Waals surface area contributed by atoms with Gasteiger partial charge in [0, 0.05) is 24.4 Å². The third-order valence-corrected chi connectivity index (χ3v) is 5.70. The molecule has 1 heterocycles. The molecule has 2 aromatic rings. The van der Waals surface area contributed by atoms with Gasteiger partial charge in [0.15, 0.2) is 5.13 Å². The first-order chi connectivity index (χ1) is 13.0. The lowest BCUT2D eigenvalue weighted by Gasteiger charge is -2.21. The highest BCUT2D eigenvalue weighted by molar-refractivity contribution is 7.14. The summed E-state index contributed by atoms with van der Waals surface area (Å²) in [7, 11) is 0. The van der Waals surface area contributed by atoms with E-state index in [4.69, 9.17) is 5.73 Å². The summed E-state index contributed by atoms with van der Waals surface area (Å²) in [6.07, 6.45) is 5.31. The summed E-state index contributed by atoms with van der Waals surface area (Å²) in [6, 6.07) is 8.23. The smallest absolute Gasteiger partial charge is 0.246 e. The van der Waals surface area contributed by atoms with Crippen molar-refractivity contribution in [2.75, 3.05) is 11.9 Å². The van der Waals surface area contributed by atoms with E-state index in [1.54, 1.807) is 0 Å². The summed E-state index contributed by atoms with van der Waals surface area (Å²) in [5, 5.41) is 8.21. The standard InChI is InChI=1S/C20H26N4O2S/c1-14(25)22-12-4-5-15-6-8-16(9-7-15)17-13-27-19(23-17)24-18(26)20(21)10-2-3-11-20/h6-9,13H,2-5,10-12,21H2,1H3,(H,22,25)(H,23,24,26). The highest BCUT2D eigenvalue weighted by atomic mass is 32.1. The Balaban J connectivity index is 1.56. The third kappa shape index (κ3) is 5.14. The molecule has 0 aliphatic heterocycles. The fourth-order valence-electron chi connectivity index (χ4n) is 3.32. The number of rotatable bonds is 7. The molecule has 3 rings (SSSR count). The average Bonchev–Trinajstić information content (AvgIpc) is 3.29. The molecule has 4 N–H and O–H groups in total. The van der Waals surface area contributed by atoms with Gasteiger partial charge in [-0.2, -0.15) is 0 Å². The number of carbonyl (C=O) groups excluding carboxylic acids is 2. The van der Waals surface area contributed by atoms with Crippen LogP contribution in [-0.4, -0.2) is 28.9 Å². The molecule has 27 heavy (non-hydrogen) atoms. The van der Waals surface area contributed by atoms with E-state index in [0.717, 1.165) is 49.8 Å². The van der Waals surface area contributed by atoms with Crippen molar-refractivity contribution in [1.29, 1.82) is 0 Å². The van der Waals surface area contributed by atoms with Gasteiger partial charge in [0.25, 0.3) is 0 Å². The fourth-order valence-corrected chi connectivity index (χ4v) is 4.03. The van der Waals surface area contributed by atoms with Crippen LogP contribution in [0.4, 0.5) is 5.13 Å². The van der Waals surface area contributed by atoms with Gasteiger partial charge in [0.05, 0.1) is 11.2 Å². The van der Waals surface area contributed by atoms with Crippen LogP contribution in [0.5, 0.6) is 0 Å². The van der Waals surface area contributed by atoms with Crippen molar-refractivity contribution >= 4 is 28.3 Å². The molecule has 1 aromatic carbocycles. The van der Waals surface area contributed by atoms with Crippen molar-refractivity contribution in [2.45, 2.75) is 51.0 Å². The predicted octanol–water partition coefficient (Wildman–Crippen LogP) is 3.09. The Kier molecular flexibility index (Phi) is 6.23. The summed E-state index contributed by atoms with van der Waals surface area (Å²) in [5.74, 6) is -0.124. The molecule has 2 amide bonds. The largest absolute Gasteiger partial charge is 0.356 e. The Labute approximate surface area is 163 Å². The second-order valence-corrected chi connectivity index (χ2v) is 8.00. The number of nitrogens with zero attached hydrogens (tertiary/aromatic N) is 1. The molecule has 1 aliphatic rings. The Morgan fingerprint density at radius 1 is 1.22 bits per heavy atom. The van der Waals surface area contributed by atoms with E-state index < -0.39 is 5.54 Å². The van der Waals surface area contributed by atoms with Crippen LogP contribution in [0.1, 0.15) is 44.6 Å². The molecule has 0 bridgehead atoms. The third-order valence-electron chi connectivity index (χ3n) is 4.94. The Hall–Kier alpha value is -2.25. The van der Waals surface area contributed by atoms with Crippen molar-refractivity contribution in [3.05, 3.63) is 35.2 Å². The molecule has 0 saturated heterocycles. The van der Waals surface area contributed by atoms with Crippen LogP contribution in [0, 0.1) is 0 Å². The van der Waals surface area contributed by atoms with Gasteiger partial charge in [-0.15, -0.1) is 11.3 Å².